The Morgan fingerprint density at radius 3 is 2.37 bits per heavy atom. The number of aliphatic hydroxyl groups excluding tert-OH is 2. The first kappa shape index (κ1) is 21.7. The predicted molar refractivity (Wildman–Crippen MR) is 112 cm³/mol. The molecule has 0 radical (unpaired) electrons. The summed E-state index contributed by atoms with van der Waals surface area (Å²) in [6, 6.07) is 10.3. The van der Waals surface area contributed by atoms with Crippen molar-refractivity contribution in [3.05, 3.63) is 64.2 Å². The zero-order valence-electron chi connectivity index (χ0n) is 16.8. The Morgan fingerprint density at radius 1 is 1.13 bits per heavy atom. The average Bonchev–Trinajstić information content (AvgIpc) is 2.97. The zero-order chi connectivity index (χ0) is 22.0. The third-order valence-electron chi connectivity index (χ3n) is 4.85. The second-order valence-corrected chi connectivity index (χ2v) is 7.35. The number of ketones is 1. The van der Waals surface area contributed by atoms with Gasteiger partial charge in [-0.05, 0) is 43.3 Å². The van der Waals surface area contributed by atoms with Gasteiger partial charge in [-0.1, -0.05) is 11.6 Å². The number of methoxy groups -OCH3 is 2. The van der Waals surface area contributed by atoms with Gasteiger partial charge in [0.1, 0.15) is 17.3 Å². The number of rotatable bonds is 6. The van der Waals surface area contributed by atoms with Crippen LogP contribution in [0.1, 0.15) is 24.1 Å². The van der Waals surface area contributed by atoms with Crippen LogP contribution in [0.2, 0.25) is 5.02 Å². The Labute approximate surface area is 179 Å². The third kappa shape index (κ3) is 3.99. The smallest absolute Gasteiger partial charge is 0.295 e. The van der Waals surface area contributed by atoms with Gasteiger partial charge in [0, 0.05) is 28.8 Å². The molecule has 0 saturated carbocycles. The first-order chi connectivity index (χ1) is 14.3. The number of likely N-dealkylation sites (tertiary alicyclic amines) is 1. The first-order valence-corrected chi connectivity index (χ1v) is 9.60. The Balaban J connectivity index is 2.24. The average molecular weight is 432 g/mol. The van der Waals surface area contributed by atoms with E-state index in [2.05, 4.69) is 0 Å². The number of nitrogens with zero attached hydrogens (tertiary/aromatic N) is 1. The molecule has 1 amide bonds. The first-order valence-electron chi connectivity index (χ1n) is 9.22. The summed E-state index contributed by atoms with van der Waals surface area (Å²) in [4.78, 5) is 26.9. The number of aliphatic hydroxyl groups is 2. The van der Waals surface area contributed by atoms with Crippen LogP contribution >= 0.6 is 11.6 Å². The van der Waals surface area contributed by atoms with Gasteiger partial charge in [0.2, 0.25) is 0 Å². The molecule has 0 bridgehead atoms. The number of benzene rings is 2. The lowest BCUT2D eigenvalue weighted by Crippen LogP contribution is -2.35. The van der Waals surface area contributed by atoms with Gasteiger partial charge in [0.25, 0.3) is 11.7 Å². The summed E-state index contributed by atoms with van der Waals surface area (Å²) in [5, 5.41) is 21.3. The molecule has 2 N–H and O–H groups in total. The second kappa shape index (κ2) is 8.77. The van der Waals surface area contributed by atoms with Crippen LogP contribution in [-0.2, 0) is 9.59 Å². The van der Waals surface area contributed by atoms with Crippen molar-refractivity contribution in [2.24, 2.45) is 0 Å². The molecule has 1 aliphatic heterocycles. The van der Waals surface area contributed by atoms with Crippen molar-refractivity contribution < 1.29 is 29.3 Å². The highest BCUT2D eigenvalue weighted by Crippen LogP contribution is 2.43. The highest BCUT2D eigenvalue weighted by atomic mass is 35.5. The van der Waals surface area contributed by atoms with E-state index in [1.54, 1.807) is 42.5 Å². The summed E-state index contributed by atoms with van der Waals surface area (Å²) in [7, 11) is 2.97. The SMILES string of the molecule is COc1ccc([C@H]2C(=C(O)c3ccc(Cl)cc3)C(=O)C(=O)N2C[C@@H](C)O)c(OC)c1. The van der Waals surface area contributed by atoms with Crippen molar-refractivity contribution in [2.45, 2.75) is 19.1 Å². The molecule has 8 heteroatoms. The Hall–Kier alpha value is -3.03. The molecule has 7 nitrogen and oxygen atoms in total. The summed E-state index contributed by atoms with van der Waals surface area (Å²) in [6.45, 7) is 1.42. The van der Waals surface area contributed by atoms with E-state index in [0.717, 1.165) is 0 Å². The van der Waals surface area contributed by atoms with Crippen molar-refractivity contribution in [3.8, 4) is 11.5 Å². The number of ether oxygens (including phenoxy) is 2. The number of carbonyl (C=O) groups is 2. The van der Waals surface area contributed by atoms with E-state index in [1.807, 2.05) is 0 Å². The molecular formula is C22H22ClNO6. The van der Waals surface area contributed by atoms with Crippen LogP contribution in [0.4, 0.5) is 0 Å². The van der Waals surface area contributed by atoms with Gasteiger partial charge in [-0.15, -0.1) is 0 Å². The van der Waals surface area contributed by atoms with Gasteiger partial charge < -0.3 is 24.6 Å². The normalized spacial score (nSPS) is 19.1. The molecule has 0 aromatic heterocycles. The second-order valence-electron chi connectivity index (χ2n) is 6.92. The summed E-state index contributed by atoms with van der Waals surface area (Å²) in [6.07, 6.45) is -0.884. The van der Waals surface area contributed by atoms with Crippen molar-refractivity contribution in [2.75, 3.05) is 20.8 Å². The maximum Gasteiger partial charge on any atom is 0.295 e. The lowest BCUT2D eigenvalue weighted by Gasteiger charge is -2.27. The molecule has 2 aromatic carbocycles. The number of hydrogen-bond acceptors (Lipinski definition) is 6. The fraction of sp³-hybridized carbons (Fsp3) is 0.273. The minimum atomic E-state index is -0.948. The number of β-amino-alcohol motifs (C(OH)–C–C–N with tert-alkyl or cyclic N) is 1. The minimum Gasteiger partial charge on any atom is -0.507 e. The summed E-state index contributed by atoms with van der Waals surface area (Å²) in [5.41, 5.74) is 0.729. The molecule has 0 aliphatic carbocycles. The van der Waals surface area contributed by atoms with Crippen LogP contribution < -0.4 is 9.47 Å². The molecule has 1 saturated heterocycles. The minimum absolute atomic E-state index is 0.0913. The van der Waals surface area contributed by atoms with Gasteiger partial charge in [0.15, 0.2) is 0 Å². The number of hydrogen-bond donors (Lipinski definition) is 2. The molecule has 2 atom stereocenters. The van der Waals surface area contributed by atoms with Crippen LogP contribution in [0.3, 0.4) is 0 Å². The fourth-order valence-corrected chi connectivity index (χ4v) is 3.61. The molecule has 30 heavy (non-hydrogen) atoms. The van der Waals surface area contributed by atoms with E-state index in [0.29, 0.717) is 27.6 Å². The molecule has 0 spiro atoms. The van der Waals surface area contributed by atoms with E-state index < -0.39 is 23.8 Å². The van der Waals surface area contributed by atoms with Crippen LogP contribution in [-0.4, -0.2) is 53.7 Å². The van der Waals surface area contributed by atoms with Gasteiger partial charge >= 0.3 is 0 Å². The van der Waals surface area contributed by atoms with Crippen molar-refractivity contribution in [1.29, 1.82) is 0 Å². The Morgan fingerprint density at radius 2 is 1.80 bits per heavy atom. The van der Waals surface area contributed by atoms with Crippen molar-refractivity contribution >= 4 is 29.1 Å². The summed E-state index contributed by atoms with van der Waals surface area (Å²) < 4.78 is 10.7. The molecule has 1 fully saturated rings. The van der Waals surface area contributed by atoms with Crippen molar-refractivity contribution in [1.82, 2.24) is 4.90 Å². The predicted octanol–water partition coefficient (Wildman–Crippen LogP) is 3.16. The summed E-state index contributed by atoms with van der Waals surface area (Å²) >= 11 is 5.92. The quantitative estimate of drug-likeness (QED) is 0.414. The third-order valence-corrected chi connectivity index (χ3v) is 5.11. The van der Waals surface area contributed by atoms with Crippen LogP contribution in [0.25, 0.3) is 5.76 Å². The topological polar surface area (TPSA) is 96.3 Å². The van der Waals surface area contributed by atoms with E-state index >= 15 is 0 Å². The molecule has 3 rings (SSSR count). The monoisotopic (exact) mass is 431 g/mol. The number of carbonyl (C=O) groups excluding carboxylic acids is 2. The number of Topliss-reactive ketones (excluding diaryl/α,β-unsaturated/α-hetero) is 1. The van der Waals surface area contributed by atoms with Gasteiger partial charge in [0.05, 0.1) is 31.9 Å². The maximum absolute atomic E-state index is 12.9. The van der Waals surface area contributed by atoms with Crippen LogP contribution in [0.15, 0.2) is 48.0 Å². The molecule has 0 unspecified atom stereocenters. The molecular weight excluding hydrogens is 410 g/mol. The highest BCUT2D eigenvalue weighted by molar-refractivity contribution is 6.46. The molecule has 1 heterocycles. The van der Waals surface area contributed by atoms with E-state index in [4.69, 9.17) is 21.1 Å². The fourth-order valence-electron chi connectivity index (χ4n) is 3.48. The van der Waals surface area contributed by atoms with Crippen LogP contribution in [0, 0.1) is 0 Å². The van der Waals surface area contributed by atoms with Gasteiger partial charge in [-0.25, -0.2) is 0 Å². The number of amides is 1. The van der Waals surface area contributed by atoms with Gasteiger partial charge in [-0.3, -0.25) is 9.59 Å². The van der Waals surface area contributed by atoms with Gasteiger partial charge in [-0.2, -0.15) is 0 Å². The molecule has 1 aliphatic rings. The largest absolute Gasteiger partial charge is 0.507 e. The molecule has 158 valence electrons. The standard InChI is InChI=1S/C22H22ClNO6/c1-12(25)11-24-19(16-9-8-15(29-2)10-17(16)30-3)18(21(27)22(24)28)20(26)13-4-6-14(23)7-5-13/h4-10,12,19,25-26H,11H2,1-3H3/t12-,19+/m1/s1. The molecule has 2 aromatic rings. The van der Waals surface area contributed by atoms with E-state index in [9.17, 15) is 19.8 Å². The van der Waals surface area contributed by atoms with E-state index in [1.165, 1.54) is 26.0 Å². The Bertz CT molecular complexity index is 999. The number of halogens is 1. The highest BCUT2D eigenvalue weighted by Gasteiger charge is 2.47. The lowest BCUT2D eigenvalue weighted by molar-refractivity contribution is -0.140. The summed E-state index contributed by atoms with van der Waals surface area (Å²) in [5.74, 6) is -1.08. The Kier molecular flexibility index (Phi) is 6.34. The van der Waals surface area contributed by atoms with Crippen molar-refractivity contribution in [3.63, 3.8) is 0 Å². The van der Waals surface area contributed by atoms with Crippen LogP contribution in [0.5, 0.6) is 11.5 Å². The maximum atomic E-state index is 12.9. The lowest BCUT2D eigenvalue weighted by atomic mass is 9.94. The van der Waals surface area contributed by atoms with E-state index in [-0.39, 0.29) is 17.9 Å². The zero-order valence-corrected chi connectivity index (χ0v) is 17.5.